The van der Waals surface area contributed by atoms with Gasteiger partial charge < -0.3 is 5.32 Å². The molecule has 0 saturated heterocycles. The fourth-order valence-corrected chi connectivity index (χ4v) is 3.13. The molecule has 21 heavy (non-hydrogen) atoms. The molecule has 0 aliphatic heterocycles. The Morgan fingerprint density at radius 1 is 1.19 bits per heavy atom. The first-order valence-corrected chi connectivity index (χ1v) is 8.03. The topological polar surface area (TPSA) is 29.9 Å². The zero-order valence-electron chi connectivity index (χ0n) is 12.1. The van der Waals surface area contributed by atoms with E-state index < -0.39 is 0 Å². The van der Waals surface area contributed by atoms with E-state index >= 15 is 0 Å². The van der Waals surface area contributed by atoms with Crippen LogP contribution in [0, 0.1) is 0 Å². The highest BCUT2D eigenvalue weighted by molar-refractivity contribution is 7.10. The molecule has 1 aromatic carbocycles. The molecular weight excluding hydrogens is 278 g/mol. The molecule has 0 aliphatic rings. The summed E-state index contributed by atoms with van der Waals surface area (Å²) in [6.45, 7) is 3.98. The summed E-state index contributed by atoms with van der Waals surface area (Å²) in [7, 11) is 0. The Bertz CT molecular complexity index is 658. The summed E-state index contributed by atoms with van der Waals surface area (Å²) in [6.07, 6.45) is 3.81. The van der Waals surface area contributed by atoms with Gasteiger partial charge >= 0.3 is 0 Å². The van der Waals surface area contributed by atoms with E-state index in [1.165, 1.54) is 16.0 Å². The third-order valence-corrected chi connectivity index (χ3v) is 4.34. The molecule has 3 nitrogen and oxygen atoms in total. The van der Waals surface area contributed by atoms with E-state index in [-0.39, 0.29) is 0 Å². The Labute approximate surface area is 129 Å². The summed E-state index contributed by atoms with van der Waals surface area (Å²) < 4.78 is 1.96. The predicted molar refractivity (Wildman–Crippen MR) is 88.3 cm³/mol. The second kappa shape index (κ2) is 6.70. The lowest BCUT2D eigenvalue weighted by Crippen LogP contribution is -2.29. The minimum atomic E-state index is 0.396. The summed E-state index contributed by atoms with van der Waals surface area (Å²) in [6, 6.07) is 15.1. The highest BCUT2D eigenvalue weighted by atomic mass is 32.1. The van der Waals surface area contributed by atoms with Gasteiger partial charge in [0.1, 0.15) is 0 Å². The molecule has 1 atom stereocenters. The molecular formula is C17H19N3S. The van der Waals surface area contributed by atoms with Gasteiger partial charge in [0.25, 0.3) is 0 Å². The third-order valence-electron chi connectivity index (χ3n) is 3.41. The zero-order chi connectivity index (χ0) is 14.5. The first-order valence-electron chi connectivity index (χ1n) is 7.15. The van der Waals surface area contributed by atoms with Gasteiger partial charge in [0.15, 0.2) is 0 Å². The average molecular weight is 297 g/mol. The average Bonchev–Trinajstić information content (AvgIpc) is 3.17. The summed E-state index contributed by atoms with van der Waals surface area (Å²) in [5, 5.41) is 10.0. The summed E-state index contributed by atoms with van der Waals surface area (Å²) in [5.74, 6) is 0. The van der Waals surface area contributed by atoms with Gasteiger partial charge in [0.2, 0.25) is 0 Å². The highest BCUT2D eigenvalue weighted by Crippen LogP contribution is 2.25. The van der Waals surface area contributed by atoms with Crippen LogP contribution in [0.3, 0.4) is 0 Å². The lowest BCUT2D eigenvalue weighted by Gasteiger charge is -2.12. The van der Waals surface area contributed by atoms with Crippen LogP contribution in [0.15, 0.2) is 60.2 Å². The molecule has 0 amide bonds. The van der Waals surface area contributed by atoms with Crippen molar-refractivity contribution in [2.75, 3.05) is 0 Å². The monoisotopic (exact) mass is 297 g/mol. The maximum Gasteiger partial charge on any atom is 0.0560 e. The summed E-state index contributed by atoms with van der Waals surface area (Å²) in [4.78, 5) is 1.36. The van der Waals surface area contributed by atoms with Crippen LogP contribution in [0.4, 0.5) is 0 Å². The van der Waals surface area contributed by atoms with Crippen molar-refractivity contribution in [3.63, 3.8) is 0 Å². The van der Waals surface area contributed by atoms with Crippen molar-refractivity contribution in [3.8, 4) is 11.1 Å². The predicted octanol–water partition coefficient (Wildman–Crippen LogP) is 3.79. The Hall–Kier alpha value is -1.91. The lowest BCUT2D eigenvalue weighted by atomic mass is 10.1. The van der Waals surface area contributed by atoms with Gasteiger partial charge in [-0.15, -0.1) is 11.3 Å². The van der Waals surface area contributed by atoms with Crippen molar-refractivity contribution in [2.24, 2.45) is 0 Å². The Balaban J connectivity index is 1.55. The van der Waals surface area contributed by atoms with Crippen molar-refractivity contribution in [1.29, 1.82) is 0 Å². The smallest absolute Gasteiger partial charge is 0.0560 e. The molecule has 0 spiro atoms. The second-order valence-corrected chi connectivity index (χ2v) is 6.17. The number of thiophene rings is 1. The number of hydrogen-bond donors (Lipinski definition) is 1. The quantitative estimate of drug-likeness (QED) is 0.750. The number of aromatic nitrogens is 2. The van der Waals surface area contributed by atoms with E-state index in [2.05, 4.69) is 59.1 Å². The SMILES string of the molecule is CC(Cn1cccn1)NCc1cc(-c2ccccc2)cs1. The van der Waals surface area contributed by atoms with Gasteiger partial charge in [-0.05, 0) is 35.6 Å². The standard InChI is InChI=1S/C17H19N3S/c1-14(12-20-9-5-8-19-20)18-11-17-10-16(13-21-17)15-6-3-2-4-7-15/h2-10,13-14,18H,11-12H2,1H3. The van der Waals surface area contributed by atoms with Crippen LogP contribution in [-0.2, 0) is 13.1 Å². The van der Waals surface area contributed by atoms with Crippen LogP contribution in [0.2, 0.25) is 0 Å². The number of nitrogens with one attached hydrogen (secondary N) is 1. The van der Waals surface area contributed by atoms with Crippen LogP contribution in [0.1, 0.15) is 11.8 Å². The van der Waals surface area contributed by atoms with E-state index in [0.717, 1.165) is 13.1 Å². The van der Waals surface area contributed by atoms with Crippen molar-refractivity contribution in [1.82, 2.24) is 15.1 Å². The fraction of sp³-hybridized carbons (Fsp3) is 0.235. The summed E-state index contributed by atoms with van der Waals surface area (Å²) >= 11 is 1.81. The highest BCUT2D eigenvalue weighted by Gasteiger charge is 2.05. The summed E-state index contributed by atoms with van der Waals surface area (Å²) in [5.41, 5.74) is 2.58. The molecule has 108 valence electrons. The first-order chi connectivity index (χ1) is 10.3. The minimum absolute atomic E-state index is 0.396. The van der Waals surface area contributed by atoms with Crippen molar-refractivity contribution in [2.45, 2.75) is 26.1 Å². The molecule has 0 radical (unpaired) electrons. The number of rotatable bonds is 6. The maximum absolute atomic E-state index is 4.23. The normalized spacial score (nSPS) is 12.4. The van der Waals surface area contributed by atoms with E-state index in [1.54, 1.807) is 0 Å². The molecule has 1 N–H and O–H groups in total. The van der Waals surface area contributed by atoms with Crippen molar-refractivity contribution < 1.29 is 0 Å². The van der Waals surface area contributed by atoms with Crippen LogP contribution in [0.25, 0.3) is 11.1 Å². The number of hydrogen-bond acceptors (Lipinski definition) is 3. The fourth-order valence-electron chi connectivity index (χ4n) is 2.28. The number of nitrogens with zero attached hydrogens (tertiary/aromatic N) is 2. The van der Waals surface area contributed by atoms with E-state index in [0.29, 0.717) is 6.04 Å². The van der Waals surface area contributed by atoms with Crippen molar-refractivity contribution >= 4 is 11.3 Å². The lowest BCUT2D eigenvalue weighted by molar-refractivity contribution is 0.452. The molecule has 0 bridgehead atoms. The van der Waals surface area contributed by atoms with E-state index in [4.69, 9.17) is 0 Å². The molecule has 0 aliphatic carbocycles. The van der Waals surface area contributed by atoms with Crippen LogP contribution in [-0.4, -0.2) is 15.8 Å². The number of benzene rings is 1. The maximum atomic E-state index is 4.23. The van der Waals surface area contributed by atoms with E-state index in [1.807, 2.05) is 34.5 Å². The van der Waals surface area contributed by atoms with Crippen LogP contribution < -0.4 is 5.32 Å². The minimum Gasteiger partial charge on any atom is -0.308 e. The molecule has 1 unspecified atom stereocenters. The molecule has 3 rings (SSSR count). The van der Waals surface area contributed by atoms with Gasteiger partial charge in [-0.2, -0.15) is 5.10 Å². The van der Waals surface area contributed by atoms with Gasteiger partial charge in [0, 0.05) is 29.9 Å². The van der Waals surface area contributed by atoms with Gasteiger partial charge in [-0.3, -0.25) is 4.68 Å². The second-order valence-electron chi connectivity index (χ2n) is 5.18. The van der Waals surface area contributed by atoms with E-state index in [9.17, 15) is 0 Å². The van der Waals surface area contributed by atoms with Gasteiger partial charge in [0.05, 0.1) is 6.54 Å². The van der Waals surface area contributed by atoms with Gasteiger partial charge in [-0.1, -0.05) is 30.3 Å². The third kappa shape index (κ3) is 3.80. The molecule has 2 aromatic heterocycles. The molecule has 0 fully saturated rings. The zero-order valence-corrected chi connectivity index (χ0v) is 12.9. The molecule has 0 saturated carbocycles. The molecule has 4 heteroatoms. The van der Waals surface area contributed by atoms with Crippen LogP contribution in [0.5, 0.6) is 0 Å². The van der Waals surface area contributed by atoms with Gasteiger partial charge in [-0.25, -0.2) is 0 Å². The largest absolute Gasteiger partial charge is 0.308 e. The van der Waals surface area contributed by atoms with Crippen molar-refractivity contribution in [3.05, 3.63) is 65.1 Å². The molecule has 3 aromatic rings. The Morgan fingerprint density at radius 2 is 2.05 bits per heavy atom. The van der Waals surface area contributed by atoms with Crippen LogP contribution >= 0.6 is 11.3 Å². The molecule has 2 heterocycles. The Kier molecular flexibility index (Phi) is 4.48. The first kappa shape index (κ1) is 14.0. The Morgan fingerprint density at radius 3 is 2.81 bits per heavy atom.